The van der Waals surface area contributed by atoms with Gasteiger partial charge in [0.2, 0.25) is 5.54 Å². The van der Waals surface area contributed by atoms with E-state index in [0.29, 0.717) is 0 Å². The molecule has 0 bridgehead atoms. The third-order valence-electron chi connectivity index (χ3n) is 3.51. The largest absolute Gasteiger partial charge is 0.466 e. The number of methoxy groups -OCH3 is 2. The Morgan fingerprint density at radius 3 is 2.24 bits per heavy atom. The van der Waals surface area contributed by atoms with Gasteiger partial charge in [0.15, 0.2) is 0 Å². The Hall–Kier alpha value is -3.00. The lowest BCUT2D eigenvalue weighted by atomic mass is 9.91. The van der Waals surface area contributed by atoms with Crippen LogP contribution in [0, 0.1) is 22.7 Å². The van der Waals surface area contributed by atoms with Gasteiger partial charge in [0, 0.05) is 19.4 Å². The quantitative estimate of drug-likeness (QED) is 0.624. The number of esters is 2. The first-order valence-electron chi connectivity index (χ1n) is 5.91. The van der Waals surface area contributed by atoms with Gasteiger partial charge in [0.05, 0.1) is 19.8 Å². The summed E-state index contributed by atoms with van der Waals surface area (Å²) in [6, 6.07) is 3.63. The van der Waals surface area contributed by atoms with Crippen molar-refractivity contribution in [1.82, 2.24) is 9.80 Å². The third-order valence-corrected chi connectivity index (χ3v) is 3.51. The topological polar surface area (TPSA) is 107 Å². The van der Waals surface area contributed by atoms with E-state index in [4.69, 9.17) is 4.74 Å². The van der Waals surface area contributed by atoms with Crippen LogP contribution in [0.2, 0.25) is 0 Å². The molecule has 0 saturated heterocycles. The van der Waals surface area contributed by atoms with E-state index < -0.39 is 23.6 Å². The lowest BCUT2D eigenvalue weighted by Gasteiger charge is -2.30. The zero-order valence-corrected chi connectivity index (χ0v) is 11.7. The molecule has 0 amide bonds. The lowest BCUT2D eigenvalue weighted by Crippen LogP contribution is -2.47. The normalized spacial score (nSPS) is 21.7. The Kier molecular flexibility index (Phi) is 3.32. The molecule has 0 aromatic rings. The van der Waals surface area contributed by atoms with Crippen LogP contribution in [0.15, 0.2) is 23.5 Å². The van der Waals surface area contributed by atoms with Gasteiger partial charge in [-0.3, -0.25) is 0 Å². The fraction of sp³-hybridized carbons (Fsp3) is 0.385. The summed E-state index contributed by atoms with van der Waals surface area (Å²) in [4.78, 5) is 27.1. The lowest BCUT2D eigenvalue weighted by molar-refractivity contribution is -0.139. The highest BCUT2D eigenvalue weighted by molar-refractivity contribution is 6.05. The summed E-state index contributed by atoms with van der Waals surface area (Å²) in [5.74, 6) is -1.69. The minimum Gasteiger partial charge on any atom is -0.466 e. The van der Waals surface area contributed by atoms with Gasteiger partial charge in [-0.2, -0.15) is 10.5 Å². The summed E-state index contributed by atoms with van der Waals surface area (Å²) in [6.07, 6.45) is 2.33. The highest BCUT2D eigenvalue weighted by Gasteiger charge is 2.60. The van der Waals surface area contributed by atoms with Gasteiger partial charge in [-0.05, 0) is 0 Å². The number of carbonyl (C=O) groups excluding carboxylic acids is 2. The molecule has 2 aliphatic heterocycles. The standard InChI is InChI=1S/C13H12N4O4/c1-16-4-5-17-10(16)8(11(18)20-2)9(12(19)21-3)13(17,6-14)7-15/h4-5,10H,1-3H3. The summed E-state index contributed by atoms with van der Waals surface area (Å²) >= 11 is 0. The van der Waals surface area contributed by atoms with E-state index in [-0.39, 0.29) is 11.1 Å². The van der Waals surface area contributed by atoms with Crippen LogP contribution in [-0.2, 0) is 19.1 Å². The average Bonchev–Trinajstić information content (AvgIpc) is 3.02. The molecular formula is C13H12N4O4. The van der Waals surface area contributed by atoms with Crippen molar-refractivity contribution in [3.8, 4) is 12.1 Å². The van der Waals surface area contributed by atoms with Gasteiger partial charge in [-0.15, -0.1) is 0 Å². The number of fused-ring (bicyclic) bond motifs is 1. The Morgan fingerprint density at radius 2 is 1.76 bits per heavy atom. The Balaban J connectivity index is 2.78. The molecule has 8 heteroatoms. The Morgan fingerprint density at radius 1 is 1.19 bits per heavy atom. The molecule has 21 heavy (non-hydrogen) atoms. The molecule has 108 valence electrons. The first-order valence-corrected chi connectivity index (χ1v) is 5.91. The van der Waals surface area contributed by atoms with Crippen LogP contribution >= 0.6 is 0 Å². The number of hydrogen-bond donors (Lipinski definition) is 0. The average molecular weight is 288 g/mol. The van der Waals surface area contributed by atoms with E-state index >= 15 is 0 Å². The first-order chi connectivity index (χ1) is 9.98. The van der Waals surface area contributed by atoms with Gasteiger partial charge >= 0.3 is 11.9 Å². The molecule has 0 fully saturated rings. The van der Waals surface area contributed by atoms with Gasteiger partial charge < -0.3 is 19.3 Å². The molecular weight excluding hydrogens is 276 g/mol. The van der Waals surface area contributed by atoms with Crippen LogP contribution < -0.4 is 0 Å². The predicted octanol–water partition coefficient (Wildman–Crippen LogP) is -0.527. The molecule has 2 aliphatic rings. The van der Waals surface area contributed by atoms with Crippen molar-refractivity contribution in [2.45, 2.75) is 11.7 Å². The molecule has 0 saturated carbocycles. The Labute approximate surface area is 121 Å². The van der Waals surface area contributed by atoms with Crippen LogP contribution in [-0.4, -0.2) is 54.7 Å². The van der Waals surface area contributed by atoms with Crippen molar-refractivity contribution in [3.63, 3.8) is 0 Å². The highest BCUT2D eigenvalue weighted by atomic mass is 16.5. The SMILES string of the molecule is COC(=O)C1=C(C(=O)OC)C(C#N)(C#N)N2C=CN(C)C12. The maximum absolute atomic E-state index is 12.1. The van der Waals surface area contributed by atoms with Crippen molar-refractivity contribution in [3.05, 3.63) is 23.5 Å². The smallest absolute Gasteiger partial charge is 0.339 e. The van der Waals surface area contributed by atoms with Crippen molar-refractivity contribution in [1.29, 1.82) is 10.5 Å². The van der Waals surface area contributed by atoms with E-state index in [9.17, 15) is 20.1 Å². The van der Waals surface area contributed by atoms with Gasteiger partial charge in [-0.25, -0.2) is 9.59 Å². The monoisotopic (exact) mass is 288 g/mol. The molecule has 0 aliphatic carbocycles. The van der Waals surface area contributed by atoms with Crippen molar-refractivity contribution >= 4 is 11.9 Å². The van der Waals surface area contributed by atoms with Crippen molar-refractivity contribution in [2.75, 3.05) is 21.3 Å². The minimum absolute atomic E-state index is 0.0695. The van der Waals surface area contributed by atoms with Gasteiger partial charge in [-0.1, -0.05) is 0 Å². The maximum atomic E-state index is 12.1. The van der Waals surface area contributed by atoms with Crippen LogP contribution in [0.5, 0.6) is 0 Å². The summed E-state index contributed by atoms with van der Waals surface area (Å²) in [5, 5.41) is 19.0. The number of hydrogen-bond acceptors (Lipinski definition) is 8. The molecule has 0 radical (unpaired) electrons. The van der Waals surface area contributed by atoms with E-state index in [2.05, 4.69) is 4.74 Å². The van der Waals surface area contributed by atoms with Crippen molar-refractivity contribution < 1.29 is 19.1 Å². The first kappa shape index (κ1) is 14.4. The Bertz CT molecular complexity index is 638. The molecule has 2 rings (SSSR count). The van der Waals surface area contributed by atoms with E-state index in [0.717, 1.165) is 14.2 Å². The number of ether oxygens (including phenoxy) is 2. The molecule has 0 N–H and O–H groups in total. The summed E-state index contributed by atoms with van der Waals surface area (Å²) in [5.41, 5.74) is -2.30. The molecule has 1 atom stereocenters. The van der Waals surface area contributed by atoms with Crippen LogP contribution in [0.25, 0.3) is 0 Å². The van der Waals surface area contributed by atoms with Crippen LogP contribution in [0.4, 0.5) is 0 Å². The van der Waals surface area contributed by atoms with E-state index in [1.165, 1.54) is 11.1 Å². The summed E-state index contributed by atoms with van der Waals surface area (Å²) in [7, 11) is 3.94. The predicted molar refractivity (Wildman–Crippen MR) is 67.5 cm³/mol. The highest BCUT2D eigenvalue weighted by Crippen LogP contribution is 2.43. The van der Waals surface area contributed by atoms with E-state index in [1.54, 1.807) is 18.1 Å². The molecule has 2 heterocycles. The second kappa shape index (κ2) is 4.84. The number of carbonyl (C=O) groups is 2. The molecule has 0 spiro atoms. The summed E-state index contributed by atoms with van der Waals surface area (Å²) in [6.45, 7) is 0. The van der Waals surface area contributed by atoms with Crippen LogP contribution in [0.1, 0.15) is 0 Å². The minimum atomic E-state index is -1.93. The number of nitrogens with zero attached hydrogens (tertiary/aromatic N) is 4. The van der Waals surface area contributed by atoms with Crippen LogP contribution in [0.3, 0.4) is 0 Å². The number of likely N-dealkylation sites (N-methyl/N-ethyl adjacent to an activating group) is 1. The fourth-order valence-electron chi connectivity index (χ4n) is 2.56. The maximum Gasteiger partial charge on any atom is 0.339 e. The number of rotatable bonds is 2. The van der Waals surface area contributed by atoms with Crippen molar-refractivity contribution in [2.24, 2.45) is 0 Å². The molecule has 8 nitrogen and oxygen atoms in total. The fourth-order valence-corrected chi connectivity index (χ4v) is 2.56. The third kappa shape index (κ3) is 1.66. The van der Waals surface area contributed by atoms with Gasteiger partial charge in [0.25, 0.3) is 0 Å². The molecule has 0 aromatic heterocycles. The molecule has 0 aromatic carbocycles. The van der Waals surface area contributed by atoms with E-state index in [1.807, 2.05) is 12.1 Å². The zero-order chi connectivity index (χ0) is 15.8. The second-order valence-electron chi connectivity index (χ2n) is 4.45. The molecule has 1 unspecified atom stereocenters. The van der Waals surface area contributed by atoms with Gasteiger partial charge in [0.1, 0.15) is 23.9 Å². The zero-order valence-electron chi connectivity index (χ0n) is 11.7. The summed E-state index contributed by atoms with van der Waals surface area (Å²) < 4.78 is 9.34. The second-order valence-corrected chi connectivity index (χ2v) is 4.45. The number of nitriles is 2.